The van der Waals surface area contributed by atoms with Crippen LogP contribution in [0.4, 0.5) is 0 Å². The molecule has 4 N–H and O–H groups in total. The molecule has 1 atom stereocenters. The van der Waals surface area contributed by atoms with Gasteiger partial charge in [-0.1, -0.05) is 42.2 Å². The summed E-state index contributed by atoms with van der Waals surface area (Å²) in [6.45, 7) is 3.04. The molecule has 28 heavy (non-hydrogen) atoms. The molecule has 2 rings (SSSR count). The Morgan fingerprint density at radius 3 is 2.64 bits per heavy atom. The fourth-order valence-corrected chi connectivity index (χ4v) is 4.24. The maximum Gasteiger partial charge on any atom is 0.325 e. The fraction of sp³-hybridized carbons (Fsp3) is 0.429. The summed E-state index contributed by atoms with van der Waals surface area (Å²) in [7, 11) is -4.00. The molecule has 0 fully saturated rings. The summed E-state index contributed by atoms with van der Waals surface area (Å²) in [5.74, 6) is 6.29. The molecule has 1 aromatic heterocycles. The first-order valence-corrected chi connectivity index (χ1v) is 11.9. The summed E-state index contributed by atoms with van der Waals surface area (Å²) >= 11 is 1.63. The van der Waals surface area contributed by atoms with Gasteiger partial charge in [0.2, 0.25) is 0 Å². The summed E-state index contributed by atoms with van der Waals surface area (Å²) in [6, 6.07) is 14.1. The van der Waals surface area contributed by atoms with Crippen molar-refractivity contribution in [3.8, 4) is 11.8 Å². The third kappa shape index (κ3) is 9.66. The number of benzene rings is 1. The predicted octanol–water partition coefficient (Wildman–Crippen LogP) is 3.92. The Kier molecular flexibility index (Phi) is 8.91. The maximum atomic E-state index is 11.0. The van der Waals surface area contributed by atoms with Crippen LogP contribution in [0.25, 0.3) is 0 Å². The molecule has 1 aromatic carbocycles. The normalized spacial score (nSPS) is 13.6. The minimum absolute atomic E-state index is 0.173. The quantitative estimate of drug-likeness (QED) is 0.307. The predicted molar refractivity (Wildman–Crippen MR) is 114 cm³/mol. The van der Waals surface area contributed by atoms with E-state index >= 15 is 0 Å². The summed E-state index contributed by atoms with van der Waals surface area (Å²) in [4.78, 5) is 20.2. The highest BCUT2D eigenvalue weighted by molar-refractivity contribution is 7.51. The number of nitrogens with two attached hydrogens (primary N) is 1. The molecule has 0 amide bonds. The van der Waals surface area contributed by atoms with Gasteiger partial charge in [0.05, 0.1) is 24.3 Å². The molecule has 7 heteroatoms. The zero-order valence-corrected chi connectivity index (χ0v) is 17.8. The van der Waals surface area contributed by atoms with Crippen LogP contribution in [0.3, 0.4) is 0 Å². The Balaban J connectivity index is 1.69. The van der Waals surface area contributed by atoms with Gasteiger partial charge in [0.15, 0.2) is 0 Å². The lowest BCUT2D eigenvalue weighted by Gasteiger charge is -2.24. The van der Waals surface area contributed by atoms with E-state index in [1.165, 1.54) is 4.88 Å². The molecule has 0 aliphatic rings. The van der Waals surface area contributed by atoms with Gasteiger partial charge in [-0.05, 0) is 43.9 Å². The number of hydrogen-bond acceptors (Lipinski definition) is 4. The minimum Gasteiger partial charge on any atom is -0.376 e. The van der Waals surface area contributed by atoms with Gasteiger partial charge in [-0.2, -0.15) is 0 Å². The van der Waals surface area contributed by atoms with Gasteiger partial charge in [-0.25, -0.2) is 0 Å². The molecule has 1 heterocycles. The van der Waals surface area contributed by atoms with E-state index in [2.05, 4.69) is 11.8 Å². The van der Waals surface area contributed by atoms with Gasteiger partial charge in [-0.15, -0.1) is 11.3 Å². The van der Waals surface area contributed by atoms with Crippen molar-refractivity contribution in [2.45, 2.75) is 44.8 Å². The monoisotopic (exact) mass is 421 g/mol. The number of hydrogen-bond donors (Lipinski definition) is 3. The van der Waals surface area contributed by atoms with E-state index in [1.807, 2.05) is 49.4 Å². The molecule has 0 spiro atoms. The van der Waals surface area contributed by atoms with Gasteiger partial charge >= 0.3 is 7.60 Å². The van der Waals surface area contributed by atoms with E-state index in [0.717, 1.165) is 16.9 Å². The molecule has 0 radical (unpaired) electrons. The molecule has 5 nitrogen and oxygen atoms in total. The van der Waals surface area contributed by atoms with Crippen LogP contribution in [0.2, 0.25) is 0 Å². The molecule has 2 aromatic rings. The van der Waals surface area contributed by atoms with Crippen molar-refractivity contribution in [3.63, 3.8) is 0 Å². The van der Waals surface area contributed by atoms with Crippen molar-refractivity contribution < 1.29 is 19.1 Å². The summed E-state index contributed by atoms with van der Waals surface area (Å²) in [5, 5.41) is 0. The first kappa shape index (κ1) is 22.8. The SMILES string of the molecule is CC(N)(CCc1ccc(C#CCCOCc2ccccc2)s1)CCP(=O)(O)O. The van der Waals surface area contributed by atoms with Crippen LogP contribution in [-0.2, 0) is 22.3 Å². The first-order valence-electron chi connectivity index (χ1n) is 9.26. The molecule has 152 valence electrons. The van der Waals surface area contributed by atoms with Crippen LogP contribution >= 0.6 is 18.9 Å². The lowest BCUT2D eigenvalue weighted by molar-refractivity contribution is 0.126. The van der Waals surface area contributed by atoms with Gasteiger partial charge in [-0.3, -0.25) is 4.57 Å². The molecule has 1 unspecified atom stereocenters. The Morgan fingerprint density at radius 1 is 1.18 bits per heavy atom. The van der Waals surface area contributed by atoms with Crippen molar-refractivity contribution in [3.05, 3.63) is 57.8 Å². The highest BCUT2D eigenvalue weighted by Gasteiger charge is 2.23. The Bertz CT molecular complexity index is 833. The molecule has 0 bridgehead atoms. The van der Waals surface area contributed by atoms with E-state index in [0.29, 0.717) is 32.5 Å². The molecule has 0 saturated heterocycles. The van der Waals surface area contributed by atoms with Crippen LogP contribution in [0.1, 0.15) is 41.5 Å². The van der Waals surface area contributed by atoms with Crippen molar-refractivity contribution in [2.24, 2.45) is 5.73 Å². The van der Waals surface area contributed by atoms with Crippen molar-refractivity contribution in [1.29, 1.82) is 0 Å². The Morgan fingerprint density at radius 2 is 1.93 bits per heavy atom. The van der Waals surface area contributed by atoms with E-state index < -0.39 is 13.1 Å². The van der Waals surface area contributed by atoms with Crippen LogP contribution in [0.5, 0.6) is 0 Å². The van der Waals surface area contributed by atoms with Gasteiger partial charge in [0, 0.05) is 16.8 Å². The lowest BCUT2D eigenvalue weighted by atomic mass is 9.94. The molecular weight excluding hydrogens is 393 g/mol. The summed E-state index contributed by atoms with van der Waals surface area (Å²) < 4.78 is 16.6. The third-order valence-electron chi connectivity index (χ3n) is 4.27. The molecule has 0 saturated carbocycles. The maximum absolute atomic E-state index is 11.0. The number of thiophene rings is 1. The standard InChI is InChI=1S/C21H28NO4PS/c1-21(22,14-16-27(23,24)25)13-12-20-11-10-19(28-20)9-5-6-15-26-17-18-7-3-2-4-8-18/h2-4,7-8,10-11H,6,12-17,22H2,1H3,(H2,23,24,25). The van der Waals surface area contributed by atoms with E-state index in [1.54, 1.807) is 11.3 Å². The van der Waals surface area contributed by atoms with E-state index in [4.69, 9.17) is 20.3 Å². The number of aryl methyl sites for hydroxylation is 1. The smallest absolute Gasteiger partial charge is 0.325 e. The Labute approximate surface area is 171 Å². The summed E-state index contributed by atoms with van der Waals surface area (Å²) in [5.41, 5.74) is 6.73. The highest BCUT2D eigenvalue weighted by atomic mass is 32.1. The second-order valence-corrected chi connectivity index (χ2v) is 10.1. The number of ether oxygens (including phenoxy) is 1. The highest BCUT2D eigenvalue weighted by Crippen LogP contribution is 2.37. The first-order chi connectivity index (χ1) is 13.2. The number of rotatable bonds is 10. The van der Waals surface area contributed by atoms with Gasteiger partial charge < -0.3 is 20.3 Å². The second-order valence-electron chi connectivity index (χ2n) is 7.15. The fourth-order valence-electron chi connectivity index (χ4n) is 2.55. The average molecular weight is 421 g/mol. The van der Waals surface area contributed by atoms with Crippen molar-refractivity contribution >= 4 is 18.9 Å². The van der Waals surface area contributed by atoms with Gasteiger partial charge in [0.25, 0.3) is 0 Å². The molecule has 0 aliphatic heterocycles. The van der Waals surface area contributed by atoms with Crippen molar-refractivity contribution in [2.75, 3.05) is 12.8 Å². The zero-order valence-electron chi connectivity index (χ0n) is 16.1. The van der Waals surface area contributed by atoms with Crippen molar-refractivity contribution in [1.82, 2.24) is 0 Å². The molecular formula is C21H28NO4PS. The van der Waals surface area contributed by atoms with E-state index in [9.17, 15) is 4.57 Å². The van der Waals surface area contributed by atoms with Gasteiger partial charge in [0.1, 0.15) is 0 Å². The van der Waals surface area contributed by atoms with Crippen LogP contribution in [0, 0.1) is 11.8 Å². The topological polar surface area (TPSA) is 92.8 Å². The third-order valence-corrected chi connectivity index (χ3v) is 6.14. The Hall–Kier alpha value is -1.45. The van der Waals surface area contributed by atoms with Crippen LogP contribution in [-0.4, -0.2) is 28.1 Å². The van der Waals surface area contributed by atoms with Crippen LogP contribution < -0.4 is 5.73 Å². The average Bonchev–Trinajstić information content (AvgIpc) is 3.10. The van der Waals surface area contributed by atoms with Crippen LogP contribution in [0.15, 0.2) is 42.5 Å². The van der Waals surface area contributed by atoms with E-state index in [-0.39, 0.29) is 6.16 Å². The zero-order chi connectivity index (χ0) is 20.5. The minimum atomic E-state index is -4.00. The largest absolute Gasteiger partial charge is 0.376 e. The summed E-state index contributed by atoms with van der Waals surface area (Å²) in [6.07, 6.45) is 2.27. The second kappa shape index (κ2) is 10.9. The molecule has 0 aliphatic carbocycles. The lowest BCUT2D eigenvalue weighted by Crippen LogP contribution is -2.37.